The van der Waals surface area contributed by atoms with Crippen LogP contribution in [0.1, 0.15) is 24.3 Å². The number of benzene rings is 3. The highest BCUT2D eigenvalue weighted by Gasteiger charge is 2.76. The molecule has 2 aliphatic carbocycles. The van der Waals surface area contributed by atoms with Crippen LogP contribution >= 0.6 is 23.2 Å². The highest BCUT2D eigenvalue weighted by Crippen LogP contribution is 2.67. The number of methoxy groups -OCH3 is 2. The molecule has 1 N–H and O–H groups in total. The van der Waals surface area contributed by atoms with Crippen LogP contribution in [-0.4, -0.2) is 78.7 Å². The van der Waals surface area contributed by atoms with Gasteiger partial charge in [-0.2, -0.15) is 10.2 Å². The number of phenols is 1. The van der Waals surface area contributed by atoms with Crippen LogP contribution in [0.3, 0.4) is 0 Å². The van der Waals surface area contributed by atoms with Crippen molar-refractivity contribution in [2.45, 2.75) is 28.5 Å². The Hall–Kier alpha value is -4.94. The van der Waals surface area contributed by atoms with Crippen molar-refractivity contribution in [2.75, 3.05) is 45.2 Å². The van der Waals surface area contributed by atoms with Crippen LogP contribution in [0.5, 0.6) is 17.2 Å². The van der Waals surface area contributed by atoms with Crippen molar-refractivity contribution in [1.29, 1.82) is 0 Å². The normalized spacial score (nSPS) is 28.5. The Balaban J connectivity index is 1.25. The van der Waals surface area contributed by atoms with Crippen LogP contribution in [0.4, 0.5) is 22.7 Å². The summed E-state index contributed by atoms with van der Waals surface area (Å²) in [6.45, 7) is 0. The van der Waals surface area contributed by atoms with E-state index >= 15 is 0 Å². The van der Waals surface area contributed by atoms with Gasteiger partial charge in [-0.05, 0) is 67.3 Å². The van der Waals surface area contributed by atoms with Gasteiger partial charge < -0.3 is 19.5 Å². The van der Waals surface area contributed by atoms with Gasteiger partial charge in [0.15, 0.2) is 9.75 Å². The van der Waals surface area contributed by atoms with Crippen LogP contribution in [0.15, 0.2) is 82.5 Å². The van der Waals surface area contributed by atoms with Crippen LogP contribution in [0, 0.1) is 17.8 Å². The maximum Gasteiger partial charge on any atom is 0.253 e. The van der Waals surface area contributed by atoms with Gasteiger partial charge in [-0.15, -0.1) is 23.2 Å². The molecule has 0 aromatic heterocycles. The number of rotatable bonds is 7. The summed E-state index contributed by atoms with van der Waals surface area (Å²) in [6.07, 6.45) is 1.83. The zero-order valence-corrected chi connectivity index (χ0v) is 30.0. The van der Waals surface area contributed by atoms with E-state index in [1.165, 1.54) is 38.3 Å². The van der Waals surface area contributed by atoms with Gasteiger partial charge in [0, 0.05) is 50.4 Å². The standard InChI is InChI=1S/C37H35Cl2N5O7/c1-42(2)21-10-6-19(7-11-21)40-41-20-8-12-22(13-9-20)44-32(46)25-15-14-24-26(29(25)33(44)47)18-36(38)34(48)43(3)35(49)37(36,39)31(24)30-27(50-4)16-23(45)17-28(30)51-5/h6-14,16-17,25-26,29,31,45H,15,18H2,1-5H3/t25-,26+,29-,31+,36+,37-/m0/s1. The molecule has 12 nitrogen and oxygen atoms in total. The van der Waals surface area contributed by atoms with Gasteiger partial charge >= 0.3 is 0 Å². The predicted octanol–water partition coefficient (Wildman–Crippen LogP) is 6.08. The smallest absolute Gasteiger partial charge is 0.253 e. The summed E-state index contributed by atoms with van der Waals surface area (Å²) in [5.74, 6) is -5.65. The quantitative estimate of drug-likeness (QED) is 0.133. The molecule has 264 valence electrons. The molecule has 2 saturated heterocycles. The number of azo groups is 1. The summed E-state index contributed by atoms with van der Waals surface area (Å²) in [7, 11) is 7.99. The van der Waals surface area contributed by atoms with Crippen LogP contribution in [0.25, 0.3) is 0 Å². The molecule has 51 heavy (non-hydrogen) atoms. The molecular formula is C37H35Cl2N5O7. The number of aromatic hydroxyl groups is 1. The average molecular weight is 733 g/mol. The minimum atomic E-state index is -2.04. The summed E-state index contributed by atoms with van der Waals surface area (Å²) in [5.41, 5.74) is 3.45. The average Bonchev–Trinajstić information content (AvgIpc) is 3.45. The number of hydrogen-bond acceptors (Lipinski definition) is 10. The Kier molecular flexibility index (Phi) is 8.38. The van der Waals surface area contributed by atoms with Crippen molar-refractivity contribution in [1.82, 2.24) is 4.90 Å². The second-order valence-corrected chi connectivity index (χ2v) is 14.6. The molecule has 2 heterocycles. The molecule has 0 spiro atoms. The van der Waals surface area contributed by atoms with Gasteiger partial charge in [0.2, 0.25) is 11.8 Å². The Labute approximate surface area is 304 Å². The fourth-order valence-electron chi connectivity index (χ4n) is 8.13. The van der Waals surface area contributed by atoms with E-state index in [2.05, 4.69) is 10.2 Å². The maximum absolute atomic E-state index is 14.4. The zero-order chi connectivity index (χ0) is 36.6. The van der Waals surface area contributed by atoms with Crippen molar-refractivity contribution >= 4 is 69.6 Å². The molecule has 3 fully saturated rings. The third-order valence-corrected chi connectivity index (χ3v) is 12.0. The van der Waals surface area contributed by atoms with Crippen molar-refractivity contribution in [3.8, 4) is 17.2 Å². The molecule has 1 saturated carbocycles. The first kappa shape index (κ1) is 34.5. The molecule has 4 amide bonds. The fraction of sp³-hybridized carbons (Fsp3) is 0.351. The first-order chi connectivity index (χ1) is 24.3. The van der Waals surface area contributed by atoms with E-state index in [1.54, 1.807) is 24.3 Å². The number of carbonyl (C=O) groups is 4. The van der Waals surface area contributed by atoms with Crippen molar-refractivity contribution in [3.63, 3.8) is 0 Å². The van der Waals surface area contributed by atoms with Gasteiger partial charge in [-0.1, -0.05) is 11.6 Å². The van der Waals surface area contributed by atoms with E-state index in [1.807, 2.05) is 49.3 Å². The molecule has 4 aliphatic rings. The number of hydrogen-bond donors (Lipinski definition) is 1. The number of anilines is 2. The van der Waals surface area contributed by atoms with Crippen LogP contribution in [0.2, 0.25) is 0 Å². The van der Waals surface area contributed by atoms with Crippen LogP contribution in [-0.2, 0) is 19.2 Å². The summed E-state index contributed by atoms with van der Waals surface area (Å²) in [5, 5.41) is 19.0. The molecule has 0 radical (unpaired) electrons. The molecule has 0 bridgehead atoms. The largest absolute Gasteiger partial charge is 0.508 e. The fourth-order valence-corrected chi connectivity index (χ4v) is 9.13. The SMILES string of the molecule is COc1cc(O)cc(OC)c1[C@H]1C2=CC[C@@H]3C(=O)N(c4ccc(N=Nc5ccc(N(C)C)cc5)cc4)C(=O)[C@@H]3[C@@H]2C[C@@]2(Cl)C(=O)N(C)C(=O)[C@@]12Cl. The number of ether oxygens (including phenoxy) is 2. The third-order valence-electron chi connectivity index (χ3n) is 10.6. The Bertz CT molecular complexity index is 2010. The summed E-state index contributed by atoms with van der Waals surface area (Å²) in [6, 6.07) is 16.9. The van der Waals surface area contributed by atoms with E-state index in [-0.39, 0.29) is 41.6 Å². The van der Waals surface area contributed by atoms with E-state index < -0.39 is 51.1 Å². The molecular weight excluding hydrogens is 697 g/mol. The second-order valence-electron chi connectivity index (χ2n) is 13.4. The number of halogens is 2. The minimum absolute atomic E-state index is 0.146. The lowest BCUT2D eigenvalue weighted by Gasteiger charge is -2.51. The van der Waals surface area contributed by atoms with Gasteiger partial charge in [0.25, 0.3) is 11.8 Å². The predicted molar refractivity (Wildman–Crippen MR) is 191 cm³/mol. The van der Waals surface area contributed by atoms with Gasteiger partial charge in [0.05, 0.1) is 43.1 Å². The maximum atomic E-state index is 14.4. The number of likely N-dealkylation sites (tertiary alicyclic amines) is 1. The summed E-state index contributed by atoms with van der Waals surface area (Å²) in [4.78, 5) is 56.2. The molecule has 7 rings (SSSR count). The number of alkyl halides is 2. The molecule has 2 aliphatic heterocycles. The monoisotopic (exact) mass is 731 g/mol. The third kappa shape index (κ3) is 5.02. The lowest BCUT2D eigenvalue weighted by atomic mass is 9.56. The number of amides is 4. The number of nitrogens with zero attached hydrogens (tertiary/aromatic N) is 5. The molecule has 6 atom stereocenters. The number of imide groups is 2. The van der Waals surface area contributed by atoms with Crippen LogP contribution < -0.4 is 19.3 Å². The molecule has 0 unspecified atom stereocenters. The first-order valence-electron chi connectivity index (χ1n) is 16.3. The van der Waals surface area contributed by atoms with Crippen molar-refractivity contribution in [2.24, 2.45) is 28.0 Å². The van der Waals surface area contributed by atoms with E-state index in [0.717, 1.165) is 10.6 Å². The minimum Gasteiger partial charge on any atom is -0.508 e. The zero-order valence-electron chi connectivity index (χ0n) is 28.5. The van der Waals surface area contributed by atoms with E-state index in [0.29, 0.717) is 22.6 Å². The van der Waals surface area contributed by atoms with Crippen molar-refractivity contribution < 1.29 is 33.8 Å². The Morgan fingerprint density at radius 2 is 1.41 bits per heavy atom. The lowest BCUT2D eigenvalue weighted by Crippen LogP contribution is -2.60. The van der Waals surface area contributed by atoms with Gasteiger partial charge in [-0.25, -0.2) is 0 Å². The van der Waals surface area contributed by atoms with Crippen molar-refractivity contribution in [3.05, 3.63) is 77.9 Å². The van der Waals surface area contributed by atoms with Gasteiger partial charge in [-0.3, -0.25) is 29.0 Å². The number of fused-ring (bicyclic) bond motifs is 4. The molecule has 3 aromatic rings. The Morgan fingerprint density at radius 3 is 1.96 bits per heavy atom. The highest BCUT2D eigenvalue weighted by molar-refractivity contribution is 6.53. The number of phenolic OH excluding ortho intramolecular Hbond substituents is 1. The lowest BCUT2D eigenvalue weighted by molar-refractivity contribution is -0.138. The van der Waals surface area contributed by atoms with Gasteiger partial charge in [0.1, 0.15) is 17.2 Å². The summed E-state index contributed by atoms with van der Waals surface area (Å²) >= 11 is 14.6. The van der Waals surface area contributed by atoms with E-state index in [4.69, 9.17) is 32.7 Å². The Morgan fingerprint density at radius 1 is 0.843 bits per heavy atom. The highest BCUT2D eigenvalue weighted by atomic mass is 35.5. The second kappa shape index (κ2) is 12.4. The topological polar surface area (TPSA) is 141 Å². The number of allylic oxidation sites excluding steroid dienone is 2. The first-order valence-corrected chi connectivity index (χ1v) is 17.0. The van der Waals surface area contributed by atoms with E-state index in [9.17, 15) is 24.3 Å². The molecule has 3 aromatic carbocycles. The summed E-state index contributed by atoms with van der Waals surface area (Å²) < 4.78 is 11.3. The number of carbonyl (C=O) groups excluding carboxylic acids is 4. The molecule has 14 heteroatoms.